The predicted octanol–water partition coefficient (Wildman–Crippen LogP) is 4.46. The van der Waals surface area contributed by atoms with E-state index in [1.807, 2.05) is 0 Å². The lowest BCUT2D eigenvalue weighted by atomic mass is 9.56. The zero-order valence-corrected chi connectivity index (χ0v) is 19.8. The standard InChI is InChI=1S/C22H38O5Si/c1-14(20(25)26-13-23)17-12-22(6)15(2)19(10-9-16(22)11-18(17)24)27-28(7,8)21(3,4)5/h11,14-15,17,19,23H,9-10,12-13H2,1-8H3/t14?,15-,17+,19-,22+/m0/s1. The first-order chi connectivity index (χ1) is 12.7. The number of aliphatic hydroxyl groups excluding tert-OH is 1. The minimum absolute atomic E-state index is 0.00540. The Bertz CT molecular complexity index is 648. The van der Waals surface area contributed by atoms with Gasteiger partial charge in [0.15, 0.2) is 20.9 Å². The van der Waals surface area contributed by atoms with Crippen molar-refractivity contribution in [1.82, 2.24) is 0 Å². The van der Waals surface area contributed by atoms with Crippen LogP contribution in [0.3, 0.4) is 0 Å². The van der Waals surface area contributed by atoms with Crippen LogP contribution in [-0.2, 0) is 18.8 Å². The second-order valence-corrected chi connectivity index (χ2v) is 15.2. The van der Waals surface area contributed by atoms with Gasteiger partial charge < -0.3 is 14.3 Å². The average molecular weight is 411 g/mol. The Labute approximate surface area is 171 Å². The molecule has 0 aliphatic heterocycles. The molecule has 0 radical (unpaired) electrons. The third kappa shape index (κ3) is 4.29. The van der Waals surface area contributed by atoms with Crippen LogP contribution < -0.4 is 0 Å². The molecule has 0 spiro atoms. The van der Waals surface area contributed by atoms with E-state index in [-0.39, 0.29) is 28.3 Å². The largest absolute Gasteiger partial charge is 0.438 e. The molecule has 1 unspecified atom stereocenters. The van der Waals surface area contributed by atoms with Crippen LogP contribution in [0.2, 0.25) is 18.1 Å². The first-order valence-electron chi connectivity index (χ1n) is 10.4. The second kappa shape index (κ2) is 8.03. The van der Waals surface area contributed by atoms with E-state index >= 15 is 0 Å². The van der Waals surface area contributed by atoms with Crippen LogP contribution in [0.1, 0.15) is 60.8 Å². The minimum atomic E-state index is -1.89. The molecule has 28 heavy (non-hydrogen) atoms. The Morgan fingerprint density at radius 1 is 1.39 bits per heavy atom. The van der Waals surface area contributed by atoms with Gasteiger partial charge in [-0.1, -0.05) is 47.1 Å². The van der Waals surface area contributed by atoms with Crippen LogP contribution in [0.25, 0.3) is 0 Å². The van der Waals surface area contributed by atoms with Crippen molar-refractivity contribution in [3.8, 4) is 0 Å². The van der Waals surface area contributed by atoms with E-state index in [2.05, 4.69) is 47.7 Å². The third-order valence-electron chi connectivity index (χ3n) is 7.75. The van der Waals surface area contributed by atoms with E-state index in [4.69, 9.17) is 14.3 Å². The van der Waals surface area contributed by atoms with Crippen molar-refractivity contribution < 1.29 is 23.9 Å². The number of rotatable bonds is 5. The molecule has 2 rings (SSSR count). The molecule has 1 N–H and O–H groups in total. The fraction of sp³-hybridized carbons (Fsp3) is 0.818. The van der Waals surface area contributed by atoms with Gasteiger partial charge in [0.25, 0.3) is 0 Å². The summed E-state index contributed by atoms with van der Waals surface area (Å²) in [6, 6.07) is 0. The number of hydrogen-bond donors (Lipinski definition) is 1. The molecular weight excluding hydrogens is 372 g/mol. The van der Waals surface area contributed by atoms with Crippen molar-refractivity contribution in [2.24, 2.45) is 23.2 Å². The molecule has 5 atom stereocenters. The Morgan fingerprint density at radius 2 is 2.00 bits per heavy atom. The van der Waals surface area contributed by atoms with Gasteiger partial charge in [-0.3, -0.25) is 9.59 Å². The van der Waals surface area contributed by atoms with Crippen molar-refractivity contribution in [3.05, 3.63) is 11.6 Å². The van der Waals surface area contributed by atoms with Crippen molar-refractivity contribution in [2.75, 3.05) is 6.79 Å². The number of esters is 1. The van der Waals surface area contributed by atoms with Gasteiger partial charge in [-0.15, -0.1) is 0 Å². The molecule has 0 aromatic carbocycles. The molecule has 2 aliphatic carbocycles. The lowest BCUT2D eigenvalue weighted by Crippen LogP contribution is -2.52. The summed E-state index contributed by atoms with van der Waals surface area (Å²) < 4.78 is 11.5. The van der Waals surface area contributed by atoms with E-state index < -0.39 is 32.9 Å². The molecule has 2 aliphatic rings. The molecular formula is C22H38O5Si. The third-order valence-corrected chi connectivity index (χ3v) is 12.3. The molecule has 0 aromatic heterocycles. The van der Waals surface area contributed by atoms with Crippen LogP contribution in [0.4, 0.5) is 0 Å². The summed E-state index contributed by atoms with van der Waals surface area (Å²) in [4.78, 5) is 24.8. The van der Waals surface area contributed by atoms with Crippen molar-refractivity contribution in [2.45, 2.75) is 85.0 Å². The van der Waals surface area contributed by atoms with Gasteiger partial charge in [0.1, 0.15) is 0 Å². The summed E-state index contributed by atoms with van der Waals surface area (Å²) in [5.74, 6) is -1.23. The number of hydrogen-bond acceptors (Lipinski definition) is 5. The fourth-order valence-corrected chi connectivity index (χ4v) is 5.86. The van der Waals surface area contributed by atoms with Gasteiger partial charge in [0.05, 0.1) is 5.92 Å². The monoisotopic (exact) mass is 410 g/mol. The van der Waals surface area contributed by atoms with E-state index in [1.165, 1.54) is 5.57 Å². The highest BCUT2D eigenvalue weighted by atomic mass is 28.4. The first kappa shape index (κ1) is 23.3. The molecule has 0 heterocycles. The van der Waals surface area contributed by atoms with Crippen molar-refractivity contribution in [3.63, 3.8) is 0 Å². The van der Waals surface area contributed by atoms with E-state index in [1.54, 1.807) is 13.0 Å². The smallest absolute Gasteiger partial charge is 0.311 e. The first-order valence-corrected chi connectivity index (χ1v) is 13.4. The number of fused-ring (bicyclic) bond motifs is 1. The fourth-order valence-electron chi connectivity index (χ4n) is 4.42. The van der Waals surface area contributed by atoms with Crippen LogP contribution in [0.5, 0.6) is 0 Å². The summed E-state index contributed by atoms with van der Waals surface area (Å²) in [6.45, 7) is 16.8. The van der Waals surface area contributed by atoms with E-state index in [0.717, 1.165) is 12.8 Å². The highest BCUT2D eigenvalue weighted by molar-refractivity contribution is 6.74. The Hall–Kier alpha value is -0.983. The molecule has 6 heteroatoms. The topological polar surface area (TPSA) is 72.8 Å². The number of allylic oxidation sites excluding steroid dienone is 2. The molecule has 1 saturated carbocycles. The van der Waals surface area contributed by atoms with Crippen LogP contribution in [0.15, 0.2) is 11.6 Å². The SMILES string of the molecule is CC(C(=O)OCO)[C@H]1C[C@@]2(C)C(=CC1=O)CC[C@H](O[Si](C)(C)C(C)(C)C)[C@@H]2C. The van der Waals surface area contributed by atoms with E-state index in [0.29, 0.717) is 6.42 Å². The molecule has 160 valence electrons. The Morgan fingerprint density at radius 3 is 2.54 bits per heavy atom. The summed E-state index contributed by atoms with van der Waals surface area (Å²) in [5.41, 5.74) is 1.02. The lowest BCUT2D eigenvalue weighted by molar-refractivity contribution is -0.160. The summed E-state index contributed by atoms with van der Waals surface area (Å²) in [6.07, 6.45) is 4.37. The normalized spacial score (nSPS) is 32.4. The number of carbonyl (C=O) groups excluding carboxylic acids is 2. The summed E-state index contributed by atoms with van der Waals surface area (Å²) in [7, 11) is -1.89. The minimum Gasteiger partial charge on any atom is -0.438 e. The molecule has 1 fully saturated rings. The summed E-state index contributed by atoms with van der Waals surface area (Å²) >= 11 is 0. The van der Waals surface area contributed by atoms with Gasteiger partial charge in [0.2, 0.25) is 0 Å². The van der Waals surface area contributed by atoms with Gasteiger partial charge >= 0.3 is 5.97 Å². The molecule has 0 aromatic rings. The van der Waals surface area contributed by atoms with Crippen LogP contribution in [-0.4, -0.2) is 38.1 Å². The molecule has 5 nitrogen and oxygen atoms in total. The maximum absolute atomic E-state index is 12.7. The maximum atomic E-state index is 12.7. The Balaban J connectivity index is 2.26. The number of aliphatic hydroxyl groups is 1. The number of ether oxygens (including phenoxy) is 1. The van der Waals surface area contributed by atoms with Gasteiger partial charge in [0, 0.05) is 12.0 Å². The molecule has 0 amide bonds. The zero-order chi connectivity index (χ0) is 21.5. The quantitative estimate of drug-likeness (QED) is 0.412. The maximum Gasteiger partial charge on any atom is 0.311 e. The molecule has 0 bridgehead atoms. The van der Waals surface area contributed by atoms with Crippen molar-refractivity contribution in [1.29, 1.82) is 0 Å². The number of carbonyl (C=O) groups is 2. The second-order valence-electron chi connectivity index (χ2n) is 10.4. The Kier molecular flexibility index (Phi) is 6.69. The zero-order valence-electron chi connectivity index (χ0n) is 18.8. The van der Waals surface area contributed by atoms with Crippen molar-refractivity contribution >= 4 is 20.1 Å². The highest BCUT2D eigenvalue weighted by Gasteiger charge is 2.51. The van der Waals surface area contributed by atoms with E-state index in [9.17, 15) is 9.59 Å². The predicted molar refractivity (Wildman–Crippen MR) is 112 cm³/mol. The highest BCUT2D eigenvalue weighted by Crippen LogP contribution is 2.54. The van der Waals surface area contributed by atoms with Gasteiger partial charge in [-0.25, -0.2) is 0 Å². The van der Waals surface area contributed by atoms with Crippen LogP contribution >= 0.6 is 0 Å². The number of ketones is 1. The lowest BCUT2D eigenvalue weighted by Gasteiger charge is -2.52. The molecule has 0 saturated heterocycles. The van der Waals surface area contributed by atoms with Gasteiger partial charge in [-0.05, 0) is 54.8 Å². The summed E-state index contributed by atoms with van der Waals surface area (Å²) in [5, 5.41) is 9.04. The van der Waals surface area contributed by atoms with Gasteiger partial charge in [-0.2, -0.15) is 0 Å². The van der Waals surface area contributed by atoms with Crippen LogP contribution in [0, 0.1) is 23.2 Å². The average Bonchev–Trinajstić information content (AvgIpc) is 2.57.